The van der Waals surface area contributed by atoms with Crippen molar-refractivity contribution in [2.24, 2.45) is 0 Å². The molecule has 2 unspecified atom stereocenters. The molecule has 1 aromatic heterocycles. The van der Waals surface area contributed by atoms with E-state index in [4.69, 9.17) is 0 Å². The molecule has 0 saturated carbocycles. The molecule has 2 atom stereocenters. The molecule has 1 aliphatic heterocycles. The van der Waals surface area contributed by atoms with Crippen molar-refractivity contribution < 1.29 is 21.6 Å². The van der Waals surface area contributed by atoms with E-state index in [1.165, 1.54) is 8.99 Å². The van der Waals surface area contributed by atoms with Crippen molar-refractivity contribution >= 4 is 10.0 Å². The molecule has 1 aliphatic rings. The molecule has 0 aromatic carbocycles. The van der Waals surface area contributed by atoms with Gasteiger partial charge in [-0.3, -0.25) is 4.68 Å². The maximum atomic E-state index is 12.7. The molecule has 1 aromatic rings. The normalized spacial score (nSPS) is 25.2. The average molecular weight is 325 g/mol. The molecule has 0 N–H and O–H groups in total. The van der Waals surface area contributed by atoms with Gasteiger partial charge < -0.3 is 0 Å². The van der Waals surface area contributed by atoms with Crippen LogP contribution in [0, 0.1) is 6.92 Å². The topological polar surface area (TPSA) is 55.2 Å². The van der Waals surface area contributed by atoms with Gasteiger partial charge in [0.05, 0.1) is 12.3 Å². The lowest BCUT2D eigenvalue weighted by molar-refractivity contribution is -0.141. The van der Waals surface area contributed by atoms with Crippen LogP contribution in [0.5, 0.6) is 0 Å². The fourth-order valence-corrected chi connectivity index (χ4v) is 4.01. The van der Waals surface area contributed by atoms with Gasteiger partial charge in [-0.25, -0.2) is 8.42 Å². The highest BCUT2D eigenvalue weighted by Gasteiger charge is 2.37. The zero-order chi connectivity index (χ0) is 16.0. The van der Waals surface area contributed by atoms with E-state index in [1.54, 1.807) is 13.8 Å². The summed E-state index contributed by atoms with van der Waals surface area (Å²) in [5.74, 6) is 0. The predicted molar refractivity (Wildman–Crippen MR) is 71.2 cm³/mol. The summed E-state index contributed by atoms with van der Waals surface area (Å²) >= 11 is 0. The van der Waals surface area contributed by atoms with Crippen molar-refractivity contribution in [2.75, 3.05) is 12.8 Å². The molecule has 0 amide bonds. The van der Waals surface area contributed by atoms with Crippen molar-refractivity contribution in [1.82, 2.24) is 14.1 Å². The number of rotatable bonds is 2. The van der Waals surface area contributed by atoms with Gasteiger partial charge in [0.25, 0.3) is 0 Å². The summed E-state index contributed by atoms with van der Waals surface area (Å²) in [6.07, 6.45) is -2.41. The lowest BCUT2D eigenvalue weighted by atomic mass is 10.0. The van der Waals surface area contributed by atoms with Gasteiger partial charge in [-0.05, 0) is 32.8 Å². The monoisotopic (exact) mass is 325 g/mol. The summed E-state index contributed by atoms with van der Waals surface area (Å²) in [7, 11) is -3.29. The highest BCUT2D eigenvalue weighted by molar-refractivity contribution is 7.88. The number of piperidine rings is 1. The summed E-state index contributed by atoms with van der Waals surface area (Å²) in [4.78, 5) is 0. The van der Waals surface area contributed by atoms with E-state index in [2.05, 4.69) is 5.10 Å². The van der Waals surface area contributed by atoms with Crippen LogP contribution < -0.4 is 0 Å². The Morgan fingerprint density at radius 2 is 2.00 bits per heavy atom. The van der Waals surface area contributed by atoms with E-state index in [0.717, 1.165) is 12.3 Å². The van der Waals surface area contributed by atoms with E-state index in [1.807, 2.05) is 0 Å². The highest BCUT2D eigenvalue weighted by Crippen LogP contribution is 2.33. The third kappa shape index (κ3) is 3.39. The second kappa shape index (κ2) is 5.28. The van der Waals surface area contributed by atoms with E-state index >= 15 is 0 Å². The largest absolute Gasteiger partial charge is 0.435 e. The first-order valence-corrected chi connectivity index (χ1v) is 8.45. The lowest BCUT2D eigenvalue weighted by Crippen LogP contribution is -2.44. The van der Waals surface area contributed by atoms with Gasteiger partial charge in [-0.2, -0.15) is 22.6 Å². The molecule has 0 bridgehead atoms. The van der Waals surface area contributed by atoms with Gasteiger partial charge in [0, 0.05) is 18.3 Å². The number of nitrogens with zero attached hydrogens (tertiary/aromatic N) is 3. The Labute approximate surface area is 121 Å². The lowest BCUT2D eigenvalue weighted by Gasteiger charge is -2.36. The van der Waals surface area contributed by atoms with Crippen LogP contribution in [-0.4, -0.2) is 41.3 Å². The van der Waals surface area contributed by atoms with Gasteiger partial charge in [0.15, 0.2) is 5.69 Å². The average Bonchev–Trinajstić information content (AvgIpc) is 2.69. The Bertz CT molecular complexity index is 624. The Morgan fingerprint density at radius 3 is 2.43 bits per heavy atom. The fraction of sp³-hybridized carbons (Fsp3) is 0.750. The molecule has 1 fully saturated rings. The molecular weight excluding hydrogens is 307 g/mol. The first kappa shape index (κ1) is 16.3. The zero-order valence-corrected chi connectivity index (χ0v) is 12.9. The van der Waals surface area contributed by atoms with Gasteiger partial charge in [0.1, 0.15) is 0 Å². The number of halogens is 3. The van der Waals surface area contributed by atoms with E-state index in [-0.39, 0.29) is 12.1 Å². The van der Waals surface area contributed by atoms with Crippen molar-refractivity contribution in [3.05, 3.63) is 17.5 Å². The van der Waals surface area contributed by atoms with Crippen LogP contribution in [-0.2, 0) is 16.2 Å². The molecule has 0 aliphatic carbocycles. The summed E-state index contributed by atoms with van der Waals surface area (Å²) in [6, 6.07) is 0.555. The van der Waals surface area contributed by atoms with Gasteiger partial charge in [0.2, 0.25) is 10.0 Å². The first-order valence-electron chi connectivity index (χ1n) is 6.60. The minimum Gasteiger partial charge on any atom is -0.266 e. The first-order chi connectivity index (χ1) is 9.50. The van der Waals surface area contributed by atoms with Gasteiger partial charge in [-0.1, -0.05) is 0 Å². The third-order valence-electron chi connectivity index (χ3n) is 3.77. The van der Waals surface area contributed by atoms with Gasteiger partial charge >= 0.3 is 6.18 Å². The van der Waals surface area contributed by atoms with Crippen LogP contribution >= 0.6 is 0 Å². The fourth-order valence-electron chi connectivity index (χ4n) is 2.84. The molecule has 5 nitrogen and oxygen atoms in total. The molecule has 2 rings (SSSR count). The summed E-state index contributed by atoms with van der Waals surface area (Å²) in [5, 5.41) is 3.65. The van der Waals surface area contributed by atoms with Crippen LogP contribution in [0.1, 0.15) is 37.2 Å². The molecule has 9 heteroatoms. The van der Waals surface area contributed by atoms with Crippen LogP contribution in [0.25, 0.3) is 0 Å². The van der Waals surface area contributed by atoms with E-state index < -0.39 is 21.9 Å². The Balaban J connectivity index is 2.21. The van der Waals surface area contributed by atoms with Crippen molar-refractivity contribution in [2.45, 2.75) is 44.9 Å². The Hall–Kier alpha value is -1.09. The van der Waals surface area contributed by atoms with Crippen molar-refractivity contribution in [3.8, 4) is 0 Å². The SMILES string of the molecule is Cc1cc(C(F)(F)F)nn1C1CCN(S(C)(=O)=O)C(C)C1. The number of alkyl halides is 3. The second-order valence-electron chi connectivity index (χ2n) is 5.51. The maximum Gasteiger partial charge on any atom is 0.435 e. The summed E-state index contributed by atoms with van der Waals surface area (Å²) in [6.45, 7) is 3.64. The number of aromatic nitrogens is 2. The van der Waals surface area contributed by atoms with Crippen molar-refractivity contribution in [1.29, 1.82) is 0 Å². The van der Waals surface area contributed by atoms with E-state index in [0.29, 0.717) is 25.1 Å². The van der Waals surface area contributed by atoms with Crippen LogP contribution in [0.15, 0.2) is 6.07 Å². The standard InChI is InChI=1S/C12H18F3N3O2S/c1-8-6-10(4-5-17(8)21(3,19)20)18-9(2)7-11(16-18)12(13,14)15/h7-8,10H,4-6H2,1-3H3. The number of hydrogen-bond acceptors (Lipinski definition) is 3. The Morgan fingerprint density at radius 1 is 1.38 bits per heavy atom. The van der Waals surface area contributed by atoms with Gasteiger partial charge in [-0.15, -0.1) is 0 Å². The van der Waals surface area contributed by atoms with Crippen LogP contribution in [0.2, 0.25) is 0 Å². The molecule has 120 valence electrons. The second-order valence-corrected chi connectivity index (χ2v) is 7.45. The molecule has 1 saturated heterocycles. The Kier molecular flexibility index (Phi) is 4.09. The smallest absolute Gasteiger partial charge is 0.266 e. The number of hydrogen-bond donors (Lipinski definition) is 0. The third-order valence-corrected chi connectivity index (χ3v) is 5.17. The zero-order valence-electron chi connectivity index (χ0n) is 12.1. The van der Waals surface area contributed by atoms with Crippen LogP contribution in [0.4, 0.5) is 13.2 Å². The minimum atomic E-state index is -4.46. The molecule has 2 heterocycles. The molecule has 21 heavy (non-hydrogen) atoms. The van der Waals surface area contributed by atoms with Crippen molar-refractivity contribution in [3.63, 3.8) is 0 Å². The van der Waals surface area contributed by atoms with E-state index in [9.17, 15) is 21.6 Å². The summed E-state index contributed by atoms with van der Waals surface area (Å²) < 4.78 is 64.0. The summed E-state index contributed by atoms with van der Waals surface area (Å²) in [5.41, 5.74) is -0.467. The molecular formula is C12H18F3N3O2S. The molecule has 0 radical (unpaired) electrons. The van der Waals surface area contributed by atoms with Crippen LogP contribution in [0.3, 0.4) is 0 Å². The number of aryl methyl sites for hydroxylation is 1. The minimum absolute atomic E-state index is 0.214. The maximum absolute atomic E-state index is 12.7. The highest BCUT2D eigenvalue weighted by atomic mass is 32.2. The predicted octanol–water partition coefficient (Wildman–Crippen LogP) is 2.20. The molecule has 0 spiro atoms. The number of sulfonamides is 1. The quantitative estimate of drug-likeness (QED) is 0.837.